The van der Waals surface area contributed by atoms with Crippen LogP contribution in [0.2, 0.25) is 0 Å². The summed E-state index contributed by atoms with van der Waals surface area (Å²) in [5.41, 5.74) is 0. The summed E-state index contributed by atoms with van der Waals surface area (Å²) in [5, 5.41) is 11.7. The van der Waals surface area contributed by atoms with Crippen LogP contribution in [-0.4, -0.2) is 82.3 Å². The Morgan fingerprint density at radius 3 is 1.31 bits per heavy atom. The van der Waals surface area contributed by atoms with Gasteiger partial charge in [0.2, 0.25) is 0 Å². The molecule has 0 saturated carbocycles. The Hall–Kier alpha value is -2.75. The van der Waals surface area contributed by atoms with E-state index in [0.717, 1.165) is 57.8 Å². The maximum absolute atomic E-state index is 12.8. The second-order valence-corrected chi connectivity index (χ2v) is 19.1. The average molecular weight is 916 g/mol. The molecule has 0 bridgehead atoms. The van der Waals surface area contributed by atoms with E-state index < -0.39 is 24.3 Å². The number of nitrogens with zero attached hydrogens (tertiary/aromatic N) is 1. The highest BCUT2D eigenvalue weighted by Crippen LogP contribution is 2.16. The zero-order valence-corrected chi connectivity index (χ0v) is 42.9. The van der Waals surface area contributed by atoms with Crippen LogP contribution in [0, 0.1) is 0 Å². The van der Waals surface area contributed by atoms with Gasteiger partial charge in [0.25, 0.3) is 0 Å². The van der Waals surface area contributed by atoms with Crippen molar-refractivity contribution < 1.29 is 42.9 Å². The third-order valence-electron chi connectivity index (χ3n) is 11.6. The predicted octanol–water partition coefficient (Wildman–Crippen LogP) is 13.8. The highest BCUT2D eigenvalue weighted by Gasteiger charge is 2.22. The van der Waals surface area contributed by atoms with E-state index in [1.807, 2.05) is 21.1 Å². The number of carboxylic acid groups (broad SMARTS) is 1. The molecule has 9 heteroatoms. The van der Waals surface area contributed by atoms with Crippen LogP contribution in [0.3, 0.4) is 0 Å². The molecule has 0 heterocycles. The first-order valence-electron chi connectivity index (χ1n) is 26.8. The van der Waals surface area contributed by atoms with Gasteiger partial charge in [-0.15, -0.1) is 0 Å². The number of carbonyl (C=O) groups is 3. The third kappa shape index (κ3) is 49.0. The van der Waals surface area contributed by atoms with Crippen molar-refractivity contribution >= 4 is 17.9 Å². The van der Waals surface area contributed by atoms with Gasteiger partial charge in [0, 0.05) is 12.8 Å². The fourth-order valence-electron chi connectivity index (χ4n) is 7.47. The van der Waals surface area contributed by atoms with Crippen LogP contribution in [0.1, 0.15) is 232 Å². The summed E-state index contributed by atoms with van der Waals surface area (Å²) in [7, 11) is 5.92. The van der Waals surface area contributed by atoms with Gasteiger partial charge in [0.15, 0.2) is 12.4 Å². The Morgan fingerprint density at radius 1 is 0.477 bits per heavy atom. The van der Waals surface area contributed by atoms with Crippen molar-refractivity contribution in [1.29, 1.82) is 0 Å². The first-order chi connectivity index (χ1) is 31.6. The number of rotatable bonds is 49. The van der Waals surface area contributed by atoms with Crippen molar-refractivity contribution in [3.8, 4) is 0 Å². The van der Waals surface area contributed by atoms with Gasteiger partial charge in [0.05, 0.1) is 40.3 Å². The number of carboxylic acids is 1. The minimum absolute atomic E-state index is 0.149. The Kier molecular flexibility index (Phi) is 45.7. The van der Waals surface area contributed by atoms with Gasteiger partial charge >= 0.3 is 11.9 Å². The highest BCUT2D eigenvalue weighted by atomic mass is 16.7. The SMILES string of the molecule is CC/C=C\C/C=C\C/C=C\C/C=C\CCCCCCCCCCCCCCCCCCC(=O)OC(COC(=O)CCCCCCCCCCCCC)COC(OCC[N+](C)(C)C)C(=O)[O-]. The van der Waals surface area contributed by atoms with Crippen LogP contribution in [-0.2, 0) is 33.3 Å². The molecule has 0 aromatic rings. The van der Waals surface area contributed by atoms with Crippen molar-refractivity contribution in [2.24, 2.45) is 0 Å². The fourth-order valence-corrected chi connectivity index (χ4v) is 7.47. The summed E-state index contributed by atoms with van der Waals surface area (Å²) < 4.78 is 22.6. The Bertz CT molecular complexity index is 1210. The molecule has 0 aliphatic carbocycles. The molecule has 2 unspecified atom stereocenters. The van der Waals surface area contributed by atoms with Crippen LogP contribution in [0.4, 0.5) is 0 Å². The quantitative estimate of drug-likeness (QED) is 0.0195. The summed E-state index contributed by atoms with van der Waals surface area (Å²) >= 11 is 0. The molecule has 0 amide bonds. The van der Waals surface area contributed by atoms with Gasteiger partial charge in [-0.25, -0.2) is 0 Å². The molecule has 378 valence electrons. The van der Waals surface area contributed by atoms with E-state index in [1.165, 1.54) is 141 Å². The zero-order valence-electron chi connectivity index (χ0n) is 42.9. The van der Waals surface area contributed by atoms with E-state index in [4.69, 9.17) is 18.9 Å². The lowest BCUT2D eigenvalue weighted by Gasteiger charge is -2.26. The van der Waals surface area contributed by atoms with Crippen molar-refractivity contribution in [1.82, 2.24) is 0 Å². The predicted molar refractivity (Wildman–Crippen MR) is 269 cm³/mol. The van der Waals surface area contributed by atoms with Crippen molar-refractivity contribution in [3.05, 3.63) is 48.6 Å². The third-order valence-corrected chi connectivity index (χ3v) is 11.6. The number of hydrogen-bond acceptors (Lipinski definition) is 8. The van der Waals surface area contributed by atoms with Crippen LogP contribution in [0.25, 0.3) is 0 Å². The molecule has 0 spiro atoms. The monoisotopic (exact) mass is 916 g/mol. The van der Waals surface area contributed by atoms with Crippen LogP contribution >= 0.6 is 0 Å². The molecule has 0 aromatic carbocycles. The highest BCUT2D eigenvalue weighted by molar-refractivity contribution is 5.70. The van der Waals surface area contributed by atoms with E-state index in [2.05, 4.69) is 62.5 Å². The summed E-state index contributed by atoms with van der Waals surface area (Å²) in [6.45, 7) is 4.64. The molecule has 0 rings (SSSR count). The van der Waals surface area contributed by atoms with Gasteiger partial charge < -0.3 is 33.3 Å². The normalized spacial score (nSPS) is 13.2. The number of unbranched alkanes of at least 4 members (excludes halogenated alkanes) is 26. The second kappa shape index (κ2) is 47.7. The summed E-state index contributed by atoms with van der Waals surface area (Å²) in [6, 6.07) is 0. The summed E-state index contributed by atoms with van der Waals surface area (Å²) in [5.74, 6) is -2.27. The zero-order chi connectivity index (χ0) is 47.7. The molecule has 0 fully saturated rings. The van der Waals surface area contributed by atoms with Gasteiger partial charge in [-0.2, -0.15) is 0 Å². The molecule has 0 N–H and O–H groups in total. The number of carbonyl (C=O) groups excluding carboxylic acids is 3. The lowest BCUT2D eigenvalue weighted by molar-refractivity contribution is -0.870. The molecule has 0 aromatic heterocycles. The number of aliphatic carboxylic acids is 1. The van der Waals surface area contributed by atoms with Crippen molar-refractivity contribution in [3.63, 3.8) is 0 Å². The van der Waals surface area contributed by atoms with E-state index in [1.54, 1.807) is 0 Å². The van der Waals surface area contributed by atoms with Gasteiger partial charge in [-0.05, 0) is 51.4 Å². The molecular weight excluding hydrogens is 815 g/mol. The molecule has 0 aliphatic rings. The molecule has 0 aliphatic heterocycles. The second-order valence-electron chi connectivity index (χ2n) is 19.1. The van der Waals surface area contributed by atoms with Gasteiger partial charge in [0.1, 0.15) is 13.2 Å². The maximum Gasteiger partial charge on any atom is 0.306 e. The van der Waals surface area contributed by atoms with E-state index in [0.29, 0.717) is 23.9 Å². The maximum atomic E-state index is 12.8. The Morgan fingerprint density at radius 2 is 0.877 bits per heavy atom. The molecule has 9 nitrogen and oxygen atoms in total. The lowest BCUT2D eigenvalue weighted by atomic mass is 10.0. The minimum atomic E-state index is -1.62. The number of allylic oxidation sites excluding steroid dienone is 8. The largest absolute Gasteiger partial charge is 0.545 e. The fraction of sp³-hybridized carbons (Fsp3) is 0.804. The van der Waals surface area contributed by atoms with Gasteiger partial charge in [-0.3, -0.25) is 9.59 Å². The molecule has 0 radical (unpaired) electrons. The minimum Gasteiger partial charge on any atom is -0.545 e. The van der Waals surface area contributed by atoms with Crippen LogP contribution in [0.5, 0.6) is 0 Å². The number of esters is 2. The summed E-state index contributed by atoms with van der Waals surface area (Å²) in [6.07, 6.45) is 54.5. The van der Waals surface area contributed by atoms with Crippen molar-refractivity contribution in [2.45, 2.75) is 245 Å². The molecule has 65 heavy (non-hydrogen) atoms. The molecule has 0 saturated heterocycles. The van der Waals surface area contributed by atoms with Crippen molar-refractivity contribution in [2.75, 3.05) is 47.5 Å². The van der Waals surface area contributed by atoms with Gasteiger partial charge in [-0.1, -0.05) is 217 Å². The summed E-state index contributed by atoms with van der Waals surface area (Å²) in [4.78, 5) is 37.1. The van der Waals surface area contributed by atoms with E-state index in [-0.39, 0.29) is 32.2 Å². The first kappa shape index (κ1) is 62.2. The Labute approximate surface area is 400 Å². The van der Waals surface area contributed by atoms with E-state index in [9.17, 15) is 19.5 Å². The number of likely N-dealkylation sites (N-methyl/N-ethyl adjacent to an activating group) is 1. The topological polar surface area (TPSA) is 111 Å². The van der Waals surface area contributed by atoms with Crippen LogP contribution in [0.15, 0.2) is 48.6 Å². The number of ether oxygens (including phenoxy) is 4. The first-order valence-corrected chi connectivity index (χ1v) is 26.8. The average Bonchev–Trinajstić information content (AvgIpc) is 3.27. The smallest absolute Gasteiger partial charge is 0.306 e. The number of quaternary nitrogens is 1. The van der Waals surface area contributed by atoms with E-state index >= 15 is 0 Å². The molecular formula is C56H101NO8. The number of hydrogen-bond donors (Lipinski definition) is 0. The lowest BCUT2D eigenvalue weighted by Crippen LogP contribution is -2.44. The molecule has 2 atom stereocenters. The Balaban J connectivity index is 4.13. The standard InChI is InChI=1S/C56H101NO8/c1-6-8-10-12-14-16-18-19-20-21-22-23-24-25-26-27-28-29-30-31-32-33-34-35-37-39-41-43-45-47-54(59)65-52(51-64-56(55(60)61)62-49-48-57(3,4)5)50-63-53(58)46-44-42-40-38-36-17-15-13-11-9-7-2/h8,10,14,16,19-20,22-23,52,56H,6-7,9,11-13,15,17-18,21,24-51H2,1-5H3/b10-8-,16-14-,20-19-,23-22-. The van der Waals surface area contributed by atoms with Crippen LogP contribution < -0.4 is 5.11 Å².